The first-order valence-electron chi connectivity index (χ1n) is 3.84. The van der Waals surface area contributed by atoms with Gasteiger partial charge >= 0.3 is 5.97 Å². The quantitative estimate of drug-likeness (QED) is 0.718. The summed E-state index contributed by atoms with van der Waals surface area (Å²) in [6.07, 6.45) is 0.684. The highest BCUT2D eigenvalue weighted by Crippen LogP contribution is 2.47. The molecule has 2 atom stereocenters. The average molecular weight is 167 g/mol. The van der Waals surface area contributed by atoms with Gasteiger partial charge in [0.15, 0.2) is 0 Å². The highest BCUT2D eigenvalue weighted by atomic mass is 16.5. The first-order chi connectivity index (χ1) is 5.68. The number of carboxylic acid groups (broad SMARTS) is 1. The van der Waals surface area contributed by atoms with Crippen LogP contribution in [0.25, 0.3) is 0 Å². The van der Waals surface area contributed by atoms with Crippen LogP contribution in [0.4, 0.5) is 0 Å². The maximum Gasteiger partial charge on any atom is 0.307 e. The molecule has 1 aliphatic rings. The Hall–Kier alpha value is -1.32. The summed E-state index contributed by atoms with van der Waals surface area (Å²) in [7, 11) is 0. The van der Waals surface area contributed by atoms with Crippen LogP contribution in [0.15, 0.2) is 10.6 Å². The molecule has 1 fully saturated rings. The molecule has 0 radical (unpaired) electrons. The Morgan fingerprint density at radius 2 is 2.58 bits per heavy atom. The summed E-state index contributed by atoms with van der Waals surface area (Å²) in [6.45, 7) is 1.82. The molecule has 1 aromatic rings. The van der Waals surface area contributed by atoms with Gasteiger partial charge in [-0.15, -0.1) is 0 Å². The number of rotatable bonds is 2. The van der Waals surface area contributed by atoms with Gasteiger partial charge in [0.1, 0.15) is 5.76 Å². The maximum absolute atomic E-state index is 10.5. The molecule has 0 aliphatic heterocycles. The molecule has 0 bridgehead atoms. The fraction of sp³-hybridized carbons (Fsp3) is 0.500. The highest BCUT2D eigenvalue weighted by Gasteiger charge is 2.46. The van der Waals surface area contributed by atoms with Crippen LogP contribution < -0.4 is 0 Å². The Morgan fingerprint density at radius 1 is 1.83 bits per heavy atom. The molecule has 2 unspecified atom stereocenters. The third kappa shape index (κ3) is 1.09. The van der Waals surface area contributed by atoms with Crippen LogP contribution in [0, 0.1) is 12.8 Å². The number of hydrogen-bond donors (Lipinski definition) is 1. The van der Waals surface area contributed by atoms with Crippen LogP contribution in [0.2, 0.25) is 0 Å². The normalized spacial score (nSPS) is 27.1. The molecule has 12 heavy (non-hydrogen) atoms. The monoisotopic (exact) mass is 167 g/mol. The molecule has 1 heterocycles. The summed E-state index contributed by atoms with van der Waals surface area (Å²) in [6, 6.07) is 1.80. The number of aromatic nitrogens is 1. The van der Waals surface area contributed by atoms with Crippen molar-refractivity contribution in [3.05, 3.63) is 17.5 Å². The highest BCUT2D eigenvalue weighted by molar-refractivity contribution is 5.74. The van der Waals surface area contributed by atoms with Crippen LogP contribution in [-0.2, 0) is 4.79 Å². The molecule has 1 aliphatic carbocycles. The van der Waals surface area contributed by atoms with Crippen LogP contribution in [-0.4, -0.2) is 16.2 Å². The maximum atomic E-state index is 10.5. The van der Waals surface area contributed by atoms with E-state index in [1.165, 1.54) is 0 Å². The molecule has 0 saturated heterocycles. The number of carbonyl (C=O) groups is 1. The Labute approximate surface area is 69.2 Å². The molecule has 1 N–H and O–H groups in total. The molecular formula is C8H9NO3. The summed E-state index contributed by atoms with van der Waals surface area (Å²) < 4.78 is 4.96. The summed E-state index contributed by atoms with van der Waals surface area (Å²) >= 11 is 0. The molecule has 1 aromatic heterocycles. The van der Waals surface area contributed by atoms with Gasteiger partial charge < -0.3 is 9.63 Å². The van der Waals surface area contributed by atoms with E-state index in [2.05, 4.69) is 5.16 Å². The van der Waals surface area contributed by atoms with Crippen molar-refractivity contribution in [1.82, 2.24) is 5.16 Å². The smallest absolute Gasteiger partial charge is 0.307 e. The molecule has 2 rings (SSSR count). The van der Waals surface area contributed by atoms with Gasteiger partial charge in [0.25, 0.3) is 0 Å². The van der Waals surface area contributed by atoms with Crippen molar-refractivity contribution in [2.24, 2.45) is 5.92 Å². The average Bonchev–Trinajstić information content (AvgIpc) is 2.70. The van der Waals surface area contributed by atoms with Crippen LogP contribution in [0.5, 0.6) is 0 Å². The first kappa shape index (κ1) is 7.34. The van der Waals surface area contributed by atoms with Gasteiger partial charge in [-0.25, -0.2) is 0 Å². The number of carboxylic acids is 1. The van der Waals surface area contributed by atoms with E-state index >= 15 is 0 Å². The lowest BCUT2D eigenvalue weighted by molar-refractivity contribution is -0.138. The summed E-state index contributed by atoms with van der Waals surface area (Å²) in [5.41, 5.74) is 0.807. The molecule has 1 saturated carbocycles. The van der Waals surface area contributed by atoms with Crippen molar-refractivity contribution < 1.29 is 14.4 Å². The van der Waals surface area contributed by atoms with Gasteiger partial charge in [-0.2, -0.15) is 0 Å². The van der Waals surface area contributed by atoms with E-state index in [1.807, 2.05) is 6.92 Å². The summed E-state index contributed by atoms with van der Waals surface area (Å²) in [5, 5.41) is 12.3. The van der Waals surface area contributed by atoms with E-state index in [0.29, 0.717) is 12.2 Å². The number of nitrogens with zero attached hydrogens (tertiary/aromatic N) is 1. The SMILES string of the molecule is Cc1cc(C2CC2C(=O)O)on1. The molecule has 64 valence electrons. The van der Waals surface area contributed by atoms with E-state index in [1.54, 1.807) is 6.07 Å². The summed E-state index contributed by atoms with van der Waals surface area (Å²) in [5.74, 6) is -0.227. The summed E-state index contributed by atoms with van der Waals surface area (Å²) in [4.78, 5) is 10.5. The predicted molar refractivity (Wildman–Crippen MR) is 39.7 cm³/mol. The topological polar surface area (TPSA) is 63.3 Å². The minimum Gasteiger partial charge on any atom is -0.481 e. The lowest BCUT2D eigenvalue weighted by Crippen LogP contribution is -1.98. The Bertz CT molecular complexity index is 318. The van der Waals surface area contributed by atoms with Crippen molar-refractivity contribution in [2.75, 3.05) is 0 Å². The molecule has 4 nitrogen and oxygen atoms in total. The molecule has 0 spiro atoms. The van der Waals surface area contributed by atoms with Crippen molar-refractivity contribution in [1.29, 1.82) is 0 Å². The number of aryl methyl sites for hydroxylation is 1. The van der Waals surface area contributed by atoms with E-state index in [0.717, 1.165) is 5.69 Å². The second-order valence-corrected chi connectivity index (χ2v) is 3.16. The Kier molecular flexibility index (Phi) is 1.43. The van der Waals surface area contributed by atoms with E-state index in [4.69, 9.17) is 9.63 Å². The molecule has 0 aromatic carbocycles. The predicted octanol–water partition coefficient (Wildman–Crippen LogP) is 1.17. The minimum absolute atomic E-state index is 0.0590. The Morgan fingerprint density at radius 3 is 3.00 bits per heavy atom. The zero-order valence-electron chi connectivity index (χ0n) is 6.65. The van der Waals surface area contributed by atoms with Crippen LogP contribution in [0.1, 0.15) is 23.8 Å². The lowest BCUT2D eigenvalue weighted by atomic mass is 10.2. The standard InChI is InChI=1S/C8H9NO3/c1-4-2-7(12-9-4)5-3-6(5)8(10)11/h2,5-6H,3H2,1H3,(H,10,11). The second kappa shape index (κ2) is 2.33. The molecule has 0 amide bonds. The van der Waals surface area contributed by atoms with Gasteiger partial charge in [0.2, 0.25) is 0 Å². The van der Waals surface area contributed by atoms with Gasteiger partial charge in [0, 0.05) is 12.0 Å². The van der Waals surface area contributed by atoms with Crippen molar-refractivity contribution in [3.63, 3.8) is 0 Å². The molecule has 4 heteroatoms. The van der Waals surface area contributed by atoms with E-state index in [-0.39, 0.29) is 11.8 Å². The third-order valence-electron chi connectivity index (χ3n) is 2.12. The minimum atomic E-state index is -0.742. The fourth-order valence-electron chi connectivity index (χ4n) is 1.34. The van der Waals surface area contributed by atoms with Crippen molar-refractivity contribution in [2.45, 2.75) is 19.3 Å². The van der Waals surface area contributed by atoms with E-state index < -0.39 is 5.97 Å². The van der Waals surface area contributed by atoms with Crippen LogP contribution in [0.3, 0.4) is 0 Å². The lowest BCUT2D eigenvalue weighted by Gasteiger charge is -1.87. The van der Waals surface area contributed by atoms with E-state index in [9.17, 15) is 4.79 Å². The molecular weight excluding hydrogens is 158 g/mol. The Balaban J connectivity index is 2.10. The largest absolute Gasteiger partial charge is 0.481 e. The second-order valence-electron chi connectivity index (χ2n) is 3.16. The van der Waals surface area contributed by atoms with Crippen LogP contribution >= 0.6 is 0 Å². The van der Waals surface area contributed by atoms with Gasteiger partial charge in [-0.3, -0.25) is 4.79 Å². The third-order valence-corrected chi connectivity index (χ3v) is 2.12. The number of hydrogen-bond acceptors (Lipinski definition) is 3. The van der Waals surface area contributed by atoms with Gasteiger partial charge in [-0.1, -0.05) is 5.16 Å². The zero-order chi connectivity index (χ0) is 8.72. The fourth-order valence-corrected chi connectivity index (χ4v) is 1.34. The van der Waals surface area contributed by atoms with Crippen molar-refractivity contribution in [3.8, 4) is 0 Å². The van der Waals surface area contributed by atoms with Gasteiger partial charge in [0.05, 0.1) is 11.6 Å². The zero-order valence-corrected chi connectivity index (χ0v) is 6.65. The number of aliphatic carboxylic acids is 1. The first-order valence-corrected chi connectivity index (χ1v) is 3.84. The van der Waals surface area contributed by atoms with Crippen molar-refractivity contribution >= 4 is 5.97 Å². The van der Waals surface area contributed by atoms with Gasteiger partial charge in [-0.05, 0) is 13.3 Å².